The van der Waals surface area contributed by atoms with Crippen LogP contribution in [0, 0.1) is 13.8 Å². The third-order valence-electron chi connectivity index (χ3n) is 2.83. The smallest absolute Gasteiger partial charge is 0.257 e. The fourth-order valence-corrected chi connectivity index (χ4v) is 1.98. The lowest BCUT2D eigenvalue weighted by Gasteiger charge is -2.17. The van der Waals surface area contributed by atoms with E-state index in [-0.39, 0.29) is 5.91 Å². The molecule has 2 heterocycles. The number of hydrogen-bond donors (Lipinski definition) is 0. The number of rotatable bonds is 1. The van der Waals surface area contributed by atoms with Crippen LogP contribution in [0.3, 0.4) is 0 Å². The minimum absolute atomic E-state index is 0.0862. The van der Waals surface area contributed by atoms with Crippen molar-refractivity contribution in [2.45, 2.75) is 26.7 Å². The Balaban J connectivity index is 2.32. The van der Waals surface area contributed by atoms with Crippen LogP contribution in [-0.4, -0.2) is 33.9 Å². The van der Waals surface area contributed by atoms with Crippen molar-refractivity contribution in [3.8, 4) is 0 Å². The van der Waals surface area contributed by atoms with Gasteiger partial charge >= 0.3 is 0 Å². The molecule has 1 aromatic rings. The molecule has 4 heteroatoms. The van der Waals surface area contributed by atoms with Crippen molar-refractivity contribution in [3.05, 3.63) is 23.3 Å². The maximum absolute atomic E-state index is 12.1. The number of carbonyl (C=O) groups is 1. The largest absolute Gasteiger partial charge is 0.339 e. The minimum Gasteiger partial charge on any atom is -0.339 e. The Labute approximate surface area is 89.3 Å². The second kappa shape index (κ2) is 3.96. The van der Waals surface area contributed by atoms with Crippen LogP contribution in [0.25, 0.3) is 0 Å². The van der Waals surface area contributed by atoms with Gasteiger partial charge in [0.15, 0.2) is 0 Å². The fourth-order valence-electron chi connectivity index (χ4n) is 1.98. The molecule has 80 valence electrons. The SMILES string of the molecule is Cc1ncnc(C)c1C(=O)N1CCCC1. The number of likely N-dealkylation sites (tertiary alicyclic amines) is 1. The van der Waals surface area contributed by atoms with Gasteiger partial charge in [0.05, 0.1) is 17.0 Å². The number of aryl methyl sites for hydroxylation is 2. The highest BCUT2D eigenvalue weighted by Crippen LogP contribution is 2.16. The molecule has 0 spiro atoms. The third-order valence-corrected chi connectivity index (χ3v) is 2.83. The molecule has 0 aromatic carbocycles. The average Bonchev–Trinajstić information content (AvgIpc) is 2.69. The van der Waals surface area contributed by atoms with Crippen molar-refractivity contribution < 1.29 is 4.79 Å². The summed E-state index contributed by atoms with van der Waals surface area (Å²) >= 11 is 0. The third kappa shape index (κ3) is 1.84. The fraction of sp³-hybridized carbons (Fsp3) is 0.545. The molecule has 0 N–H and O–H groups in total. The van der Waals surface area contributed by atoms with E-state index in [0.29, 0.717) is 5.56 Å². The van der Waals surface area contributed by atoms with Gasteiger partial charge in [-0.3, -0.25) is 4.79 Å². The van der Waals surface area contributed by atoms with Gasteiger partial charge in [-0.1, -0.05) is 0 Å². The Morgan fingerprint density at radius 1 is 1.20 bits per heavy atom. The molecule has 1 aromatic heterocycles. The molecule has 0 radical (unpaired) electrons. The first kappa shape index (κ1) is 10.1. The standard InChI is InChI=1S/C11H15N3O/c1-8-10(9(2)13-7-12-8)11(15)14-5-3-4-6-14/h7H,3-6H2,1-2H3. The first-order chi connectivity index (χ1) is 7.20. The Kier molecular flexibility index (Phi) is 2.66. The predicted molar refractivity (Wildman–Crippen MR) is 56.6 cm³/mol. The number of amides is 1. The number of hydrogen-bond acceptors (Lipinski definition) is 3. The summed E-state index contributed by atoms with van der Waals surface area (Å²) in [5.41, 5.74) is 2.23. The Morgan fingerprint density at radius 3 is 2.27 bits per heavy atom. The van der Waals surface area contributed by atoms with Gasteiger partial charge in [0.1, 0.15) is 6.33 Å². The molecule has 1 fully saturated rings. The second-order valence-corrected chi connectivity index (χ2v) is 3.92. The van der Waals surface area contributed by atoms with Crippen LogP contribution < -0.4 is 0 Å². The van der Waals surface area contributed by atoms with Crippen LogP contribution in [0.4, 0.5) is 0 Å². The monoisotopic (exact) mass is 205 g/mol. The maximum atomic E-state index is 12.1. The van der Waals surface area contributed by atoms with E-state index < -0.39 is 0 Å². The summed E-state index contributed by atoms with van der Waals surface area (Å²) < 4.78 is 0. The van der Waals surface area contributed by atoms with Crippen LogP contribution in [0.5, 0.6) is 0 Å². The zero-order chi connectivity index (χ0) is 10.8. The Morgan fingerprint density at radius 2 is 1.73 bits per heavy atom. The van der Waals surface area contributed by atoms with Crippen LogP contribution in [0.15, 0.2) is 6.33 Å². The summed E-state index contributed by atoms with van der Waals surface area (Å²) in [6, 6.07) is 0. The molecule has 1 amide bonds. The quantitative estimate of drug-likeness (QED) is 0.694. The summed E-state index contributed by atoms with van der Waals surface area (Å²) in [5, 5.41) is 0. The lowest BCUT2D eigenvalue weighted by atomic mass is 10.1. The van der Waals surface area contributed by atoms with E-state index in [4.69, 9.17) is 0 Å². The van der Waals surface area contributed by atoms with Crippen molar-refractivity contribution >= 4 is 5.91 Å². The van der Waals surface area contributed by atoms with Crippen molar-refractivity contribution in [1.29, 1.82) is 0 Å². The van der Waals surface area contributed by atoms with E-state index in [1.54, 1.807) is 0 Å². The minimum atomic E-state index is 0.0862. The van der Waals surface area contributed by atoms with E-state index in [9.17, 15) is 4.79 Å². The lowest BCUT2D eigenvalue weighted by molar-refractivity contribution is 0.0790. The van der Waals surface area contributed by atoms with Gasteiger partial charge in [-0.15, -0.1) is 0 Å². The maximum Gasteiger partial charge on any atom is 0.257 e. The zero-order valence-corrected chi connectivity index (χ0v) is 9.16. The summed E-state index contributed by atoms with van der Waals surface area (Å²) in [6.45, 7) is 5.45. The normalized spacial score (nSPS) is 15.7. The van der Waals surface area contributed by atoms with Gasteiger partial charge in [-0.25, -0.2) is 9.97 Å². The molecule has 2 rings (SSSR count). The van der Waals surface area contributed by atoms with Crippen LogP contribution in [-0.2, 0) is 0 Å². The van der Waals surface area contributed by atoms with Gasteiger partial charge < -0.3 is 4.90 Å². The number of carbonyl (C=O) groups excluding carboxylic acids is 1. The van der Waals surface area contributed by atoms with Crippen molar-refractivity contribution in [1.82, 2.24) is 14.9 Å². The molecule has 15 heavy (non-hydrogen) atoms. The first-order valence-corrected chi connectivity index (χ1v) is 5.27. The summed E-state index contributed by atoms with van der Waals surface area (Å²) in [7, 11) is 0. The molecule has 1 aliphatic rings. The predicted octanol–water partition coefficient (Wildman–Crippen LogP) is 1.33. The first-order valence-electron chi connectivity index (χ1n) is 5.27. The molecular formula is C11H15N3O. The molecule has 4 nitrogen and oxygen atoms in total. The molecule has 0 saturated carbocycles. The Hall–Kier alpha value is -1.45. The molecular weight excluding hydrogens is 190 g/mol. The summed E-state index contributed by atoms with van der Waals surface area (Å²) in [4.78, 5) is 22.2. The van der Waals surface area contributed by atoms with E-state index in [1.807, 2.05) is 18.7 Å². The van der Waals surface area contributed by atoms with Crippen LogP contribution in [0.2, 0.25) is 0 Å². The van der Waals surface area contributed by atoms with Gasteiger partial charge in [0.25, 0.3) is 5.91 Å². The molecule has 1 saturated heterocycles. The average molecular weight is 205 g/mol. The highest BCUT2D eigenvalue weighted by Gasteiger charge is 2.23. The topological polar surface area (TPSA) is 46.1 Å². The van der Waals surface area contributed by atoms with Crippen molar-refractivity contribution in [3.63, 3.8) is 0 Å². The Bertz CT molecular complexity index is 363. The molecule has 0 bridgehead atoms. The van der Waals surface area contributed by atoms with E-state index in [2.05, 4.69) is 9.97 Å². The highest BCUT2D eigenvalue weighted by molar-refractivity contribution is 5.96. The number of aromatic nitrogens is 2. The van der Waals surface area contributed by atoms with Gasteiger partial charge in [-0.05, 0) is 26.7 Å². The number of nitrogens with zero attached hydrogens (tertiary/aromatic N) is 3. The molecule has 0 unspecified atom stereocenters. The molecule has 1 aliphatic heterocycles. The highest BCUT2D eigenvalue weighted by atomic mass is 16.2. The molecule has 0 aliphatic carbocycles. The van der Waals surface area contributed by atoms with E-state index in [1.165, 1.54) is 6.33 Å². The summed E-state index contributed by atoms with van der Waals surface area (Å²) in [5.74, 6) is 0.0862. The van der Waals surface area contributed by atoms with E-state index >= 15 is 0 Å². The van der Waals surface area contributed by atoms with Gasteiger partial charge in [0.2, 0.25) is 0 Å². The van der Waals surface area contributed by atoms with Crippen molar-refractivity contribution in [2.75, 3.05) is 13.1 Å². The lowest BCUT2D eigenvalue weighted by Crippen LogP contribution is -2.29. The second-order valence-electron chi connectivity index (χ2n) is 3.92. The van der Waals surface area contributed by atoms with Crippen LogP contribution >= 0.6 is 0 Å². The van der Waals surface area contributed by atoms with Gasteiger partial charge in [0, 0.05) is 13.1 Å². The summed E-state index contributed by atoms with van der Waals surface area (Å²) in [6.07, 6.45) is 3.72. The van der Waals surface area contributed by atoms with E-state index in [0.717, 1.165) is 37.3 Å². The van der Waals surface area contributed by atoms with Crippen LogP contribution in [0.1, 0.15) is 34.6 Å². The van der Waals surface area contributed by atoms with Crippen molar-refractivity contribution in [2.24, 2.45) is 0 Å². The van der Waals surface area contributed by atoms with Gasteiger partial charge in [-0.2, -0.15) is 0 Å². The molecule has 0 atom stereocenters. The zero-order valence-electron chi connectivity index (χ0n) is 9.16.